The van der Waals surface area contributed by atoms with Crippen molar-refractivity contribution in [3.8, 4) is 10.6 Å². The zero-order valence-corrected chi connectivity index (χ0v) is 17.8. The van der Waals surface area contributed by atoms with Crippen molar-refractivity contribution in [3.05, 3.63) is 76.8 Å². The van der Waals surface area contributed by atoms with Gasteiger partial charge in [0.2, 0.25) is 0 Å². The number of rotatable bonds is 3. The van der Waals surface area contributed by atoms with Gasteiger partial charge in [0.05, 0.1) is 16.1 Å². The highest BCUT2D eigenvalue weighted by molar-refractivity contribution is 7.13. The van der Waals surface area contributed by atoms with E-state index in [9.17, 15) is 22.4 Å². The zero-order chi connectivity index (χ0) is 23.2. The summed E-state index contributed by atoms with van der Waals surface area (Å²) in [5, 5.41) is 1.60. The number of nitrogens with zero attached hydrogens (tertiary/aromatic N) is 3. The van der Waals surface area contributed by atoms with Crippen molar-refractivity contribution in [3.63, 3.8) is 0 Å². The molecule has 1 aliphatic heterocycles. The van der Waals surface area contributed by atoms with Gasteiger partial charge in [-0.15, -0.1) is 11.3 Å². The maximum absolute atomic E-state index is 14.0. The highest BCUT2D eigenvalue weighted by Gasteiger charge is 2.35. The van der Waals surface area contributed by atoms with Crippen LogP contribution in [0.5, 0.6) is 0 Å². The van der Waals surface area contributed by atoms with Crippen molar-refractivity contribution in [1.82, 2.24) is 19.9 Å². The smallest absolute Gasteiger partial charge is 0.335 e. The van der Waals surface area contributed by atoms with Crippen molar-refractivity contribution in [2.45, 2.75) is 12.6 Å². The third kappa shape index (κ3) is 4.02. The SMILES string of the molecule is O=C(c1cc2c(C(F)(F)F)cc(-c3cccs3)nc2[nH]1)N1CC=C(c2ncccc2F)CC1. The Hall–Kier alpha value is -3.53. The molecule has 33 heavy (non-hydrogen) atoms. The van der Waals surface area contributed by atoms with E-state index in [1.54, 1.807) is 23.6 Å². The standard InChI is InChI=1S/C23H16F4N4OS/c24-16-3-1-7-28-20(16)13-5-8-31(9-6-13)22(32)18-11-14-15(23(25,26)27)12-17(29-21(14)30-18)19-4-2-10-33-19/h1-5,7,10-12H,6,8-9H2,(H,29,30). The van der Waals surface area contributed by atoms with Crippen LogP contribution in [-0.4, -0.2) is 38.8 Å². The second kappa shape index (κ2) is 8.11. The van der Waals surface area contributed by atoms with Crippen LogP contribution in [0.3, 0.4) is 0 Å². The van der Waals surface area contributed by atoms with Gasteiger partial charge in [0, 0.05) is 24.7 Å². The van der Waals surface area contributed by atoms with Crippen molar-refractivity contribution < 1.29 is 22.4 Å². The Bertz CT molecular complexity index is 1380. The van der Waals surface area contributed by atoms with Gasteiger partial charge in [-0.05, 0) is 47.7 Å². The van der Waals surface area contributed by atoms with Gasteiger partial charge in [0.15, 0.2) is 0 Å². The molecule has 4 aromatic heterocycles. The first-order valence-corrected chi connectivity index (χ1v) is 10.9. The second-order valence-corrected chi connectivity index (χ2v) is 8.49. The summed E-state index contributed by atoms with van der Waals surface area (Å²) in [6.07, 6.45) is -1.01. The molecule has 0 spiro atoms. The first kappa shape index (κ1) is 21.3. The lowest BCUT2D eigenvalue weighted by Gasteiger charge is -2.26. The lowest BCUT2D eigenvalue weighted by atomic mass is 10.0. The summed E-state index contributed by atoms with van der Waals surface area (Å²) in [6.45, 7) is 0.482. The van der Waals surface area contributed by atoms with Gasteiger partial charge in [0.1, 0.15) is 22.9 Å². The molecule has 1 amide bonds. The maximum Gasteiger partial charge on any atom is 0.417 e. The molecule has 0 bridgehead atoms. The van der Waals surface area contributed by atoms with Crippen LogP contribution in [-0.2, 0) is 6.18 Å². The molecule has 4 aromatic rings. The third-order valence-electron chi connectivity index (χ3n) is 5.47. The molecule has 0 aromatic carbocycles. The molecule has 5 heterocycles. The molecule has 0 radical (unpaired) electrons. The number of H-pyrrole nitrogens is 1. The Morgan fingerprint density at radius 3 is 2.70 bits per heavy atom. The lowest BCUT2D eigenvalue weighted by Crippen LogP contribution is -2.35. The largest absolute Gasteiger partial charge is 0.417 e. The Morgan fingerprint density at radius 1 is 1.18 bits per heavy atom. The number of carbonyl (C=O) groups excluding carboxylic acids is 1. The first-order chi connectivity index (χ1) is 15.8. The van der Waals surface area contributed by atoms with E-state index in [0.29, 0.717) is 16.9 Å². The number of amides is 1. The summed E-state index contributed by atoms with van der Waals surface area (Å²) >= 11 is 1.28. The molecule has 0 saturated heterocycles. The Balaban J connectivity index is 1.47. The molecule has 0 saturated carbocycles. The first-order valence-electron chi connectivity index (χ1n) is 10.1. The fourth-order valence-electron chi connectivity index (χ4n) is 3.87. The molecule has 10 heteroatoms. The van der Waals surface area contributed by atoms with Crippen molar-refractivity contribution in [1.29, 1.82) is 0 Å². The Labute approximate surface area is 189 Å². The molecule has 0 atom stereocenters. The minimum absolute atomic E-state index is 0.000345. The van der Waals surface area contributed by atoms with E-state index in [-0.39, 0.29) is 41.2 Å². The van der Waals surface area contributed by atoms with Crippen molar-refractivity contribution >= 4 is 33.9 Å². The predicted molar refractivity (Wildman–Crippen MR) is 117 cm³/mol. The van der Waals surface area contributed by atoms with E-state index in [1.165, 1.54) is 40.6 Å². The number of pyridine rings is 2. The quantitative estimate of drug-likeness (QED) is 0.385. The molecule has 168 valence electrons. The minimum atomic E-state index is -4.61. The minimum Gasteiger partial charge on any atom is -0.335 e. The van der Waals surface area contributed by atoms with E-state index in [1.807, 2.05) is 0 Å². The topological polar surface area (TPSA) is 61.9 Å². The van der Waals surface area contributed by atoms with Crippen molar-refractivity contribution in [2.75, 3.05) is 13.1 Å². The highest BCUT2D eigenvalue weighted by atomic mass is 32.1. The van der Waals surface area contributed by atoms with E-state index >= 15 is 0 Å². The van der Waals surface area contributed by atoms with Gasteiger partial charge < -0.3 is 9.88 Å². The Kier molecular flexibility index (Phi) is 5.24. The number of fused-ring (bicyclic) bond motifs is 1. The number of hydrogen-bond donors (Lipinski definition) is 1. The number of carbonyl (C=O) groups is 1. The molecule has 0 unspecified atom stereocenters. The number of aromatic amines is 1. The van der Waals surface area contributed by atoms with Gasteiger partial charge in [-0.3, -0.25) is 9.78 Å². The fourth-order valence-corrected chi connectivity index (χ4v) is 4.55. The summed E-state index contributed by atoms with van der Waals surface area (Å²) in [6, 6.07) is 8.45. The van der Waals surface area contributed by atoms with Crippen LogP contribution in [0.2, 0.25) is 0 Å². The number of nitrogens with one attached hydrogen (secondary N) is 1. The number of aromatic nitrogens is 3. The molecular weight excluding hydrogens is 456 g/mol. The molecule has 0 aliphatic carbocycles. The fraction of sp³-hybridized carbons (Fsp3) is 0.174. The second-order valence-electron chi connectivity index (χ2n) is 7.54. The van der Waals surface area contributed by atoms with Gasteiger partial charge >= 0.3 is 6.18 Å². The molecular formula is C23H16F4N4OS. The van der Waals surface area contributed by atoms with E-state index < -0.39 is 23.5 Å². The molecule has 0 fully saturated rings. The summed E-state index contributed by atoms with van der Waals surface area (Å²) in [4.78, 5) is 26.3. The summed E-state index contributed by atoms with van der Waals surface area (Å²) in [7, 11) is 0. The average Bonchev–Trinajstić information content (AvgIpc) is 3.48. The van der Waals surface area contributed by atoms with Crippen LogP contribution in [0.25, 0.3) is 27.2 Å². The van der Waals surface area contributed by atoms with Gasteiger partial charge in [-0.25, -0.2) is 9.37 Å². The van der Waals surface area contributed by atoms with Gasteiger partial charge in [0.25, 0.3) is 5.91 Å². The molecule has 1 N–H and O–H groups in total. The predicted octanol–water partition coefficient (Wildman–Crippen LogP) is 5.77. The monoisotopic (exact) mass is 472 g/mol. The molecule has 5 rings (SSSR count). The highest BCUT2D eigenvalue weighted by Crippen LogP contribution is 2.38. The van der Waals surface area contributed by atoms with Crippen LogP contribution in [0, 0.1) is 5.82 Å². The van der Waals surface area contributed by atoms with Crippen LogP contribution < -0.4 is 0 Å². The normalized spacial score (nSPS) is 14.5. The van der Waals surface area contributed by atoms with Crippen LogP contribution in [0.15, 0.2) is 54.1 Å². The molecule has 5 nitrogen and oxygen atoms in total. The number of halogens is 4. The number of thiophene rings is 1. The van der Waals surface area contributed by atoms with E-state index in [0.717, 1.165) is 6.07 Å². The van der Waals surface area contributed by atoms with Gasteiger partial charge in [-0.2, -0.15) is 13.2 Å². The van der Waals surface area contributed by atoms with Crippen LogP contribution in [0.1, 0.15) is 28.2 Å². The average molecular weight is 472 g/mol. The summed E-state index contributed by atoms with van der Waals surface area (Å²) in [5.74, 6) is -0.887. The van der Waals surface area contributed by atoms with Gasteiger partial charge in [-0.1, -0.05) is 12.1 Å². The van der Waals surface area contributed by atoms with Crippen LogP contribution in [0.4, 0.5) is 17.6 Å². The lowest BCUT2D eigenvalue weighted by molar-refractivity contribution is -0.136. The van der Waals surface area contributed by atoms with E-state index in [2.05, 4.69) is 15.0 Å². The summed E-state index contributed by atoms with van der Waals surface area (Å²) in [5.41, 5.74) is 0.296. The maximum atomic E-state index is 14.0. The number of alkyl halides is 3. The zero-order valence-electron chi connectivity index (χ0n) is 17.0. The molecule has 1 aliphatic rings. The Morgan fingerprint density at radius 2 is 2.03 bits per heavy atom. The van der Waals surface area contributed by atoms with Crippen LogP contribution >= 0.6 is 11.3 Å². The number of hydrogen-bond acceptors (Lipinski definition) is 4. The van der Waals surface area contributed by atoms with E-state index in [4.69, 9.17) is 0 Å². The summed E-state index contributed by atoms with van der Waals surface area (Å²) < 4.78 is 55.3. The third-order valence-corrected chi connectivity index (χ3v) is 6.36. The van der Waals surface area contributed by atoms with Crippen molar-refractivity contribution in [2.24, 2.45) is 0 Å².